The standard InChI is InChI=1S/C5H13N3O/c1-4-8(5(6)9)7(2)3/h4H2,1-3H3,(H2,6,9). The Morgan fingerprint density at radius 3 is 2.00 bits per heavy atom. The average Bonchev–Trinajstić information content (AvgIpc) is 1.64. The van der Waals surface area contributed by atoms with E-state index in [2.05, 4.69) is 0 Å². The Bertz CT molecular complexity index is 102. The molecule has 4 heteroatoms. The number of carbonyl (C=O) groups is 1. The topological polar surface area (TPSA) is 49.6 Å². The third-order valence-electron chi connectivity index (χ3n) is 1.04. The molecule has 54 valence electrons. The normalized spacial score (nSPS) is 9.78. The smallest absolute Gasteiger partial charge is 0.329 e. The minimum atomic E-state index is -0.414. The molecule has 0 saturated heterocycles. The van der Waals surface area contributed by atoms with Crippen LogP contribution in [-0.4, -0.2) is 36.7 Å². The van der Waals surface area contributed by atoms with E-state index >= 15 is 0 Å². The van der Waals surface area contributed by atoms with Crippen molar-refractivity contribution in [3.05, 3.63) is 0 Å². The fourth-order valence-electron chi connectivity index (χ4n) is 0.636. The quantitative estimate of drug-likeness (QED) is 0.530. The molecule has 0 aromatic heterocycles. The van der Waals surface area contributed by atoms with E-state index in [4.69, 9.17) is 5.73 Å². The van der Waals surface area contributed by atoms with Gasteiger partial charge >= 0.3 is 6.03 Å². The Morgan fingerprint density at radius 1 is 1.56 bits per heavy atom. The van der Waals surface area contributed by atoms with Crippen LogP contribution in [0.4, 0.5) is 4.79 Å². The third-order valence-corrected chi connectivity index (χ3v) is 1.04. The molecule has 4 nitrogen and oxygen atoms in total. The summed E-state index contributed by atoms with van der Waals surface area (Å²) < 4.78 is 0. The first-order valence-corrected chi connectivity index (χ1v) is 2.83. The first kappa shape index (κ1) is 8.23. The predicted molar refractivity (Wildman–Crippen MR) is 35.7 cm³/mol. The second-order valence-corrected chi connectivity index (χ2v) is 1.90. The lowest BCUT2D eigenvalue weighted by molar-refractivity contribution is 0.0739. The number of carbonyl (C=O) groups excluding carboxylic acids is 1. The number of nitrogens with zero attached hydrogens (tertiary/aromatic N) is 2. The average molecular weight is 131 g/mol. The lowest BCUT2D eigenvalue weighted by Crippen LogP contribution is -2.44. The van der Waals surface area contributed by atoms with Crippen molar-refractivity contribution in [3.63, 3.8) is 0 Å². The van der Waals surface area contributed by atoms with E-state index < -0.39 is 6.03 Å². The van der Waals surface area contributed by atoms with Gasteiger partial charge in [-0.2, -0.15) is 0 Å². The molecule has 0 aliphatic heterocycles. The molecule has 0 saturated carbocycles. The van der Waals surface area contributed by atoms with Crippen molar-refractivity contribution >= 4 is 6.03 Å². The monoisotopic (exact) mass is 131 g/mol. The maximum atomic E-state index is 10.5. The highest BCUT2D eigenvalue weighted by molar-refractivity contribution is 5.71. The Balaban J connectivity index is 3.83. The van der Waals surface area contributed by atoms with Crippen LogP contribution in [0.25, 0.3) is 0 Å². The van der Waals surface area contributed by atoms with E-state index in [0.29, 0.717) is 6.54 Å². The molecule has 0 rings (SSSR count). The summed E-state index contributed by atoms with van der Waals surface area (Å²) in [5.41, 5.74) is 4.99. The molecule has 0 aliphatic carbocycles. The summed E-state index contributed by atoms with van der Waals surface area (Å²) in [7, 11) is 3.54. The molecule has 0 radical (unpaired) electrons. The maximum absolute atomic E-state index is 10.5. The molecule has 0 aromatic rings. The minimum absolute atomic E-state index is 0.414. The van der Waals surface area contributed by atoms with Gasteiger partial charge in [0.2, 0.25) is 0 Å². The molecule has 0 bridgehead atoms. The zero-order valence-electron chi connectivity index (χ0n) is 6.09. The fraction of sp³-hybridized carbons (Fsp3) is 0.800. The van der Waals surface area contributed by atoms with E-state index in [9.17, 15) is 4.79 Å². The van der Waals surface area contributed by atoms with E-state index in [-0.39, 0.29) is 0 Å². The summed E-state index contributed by atoms with van der Waals surface area (Å²) in [6.45, 7) is 2.48. The zero-order valence-corrected chi connectivity index (χ0v) is 6.09. The Labute approximate surface area is 55.2 Å². The van der Waals surface area contributed by atoms with Gasteiger partial charge in [-0.05, 0) is 6.92 Å². The summed E-state index contributed by atoms with van der Waals surface area (Å²) in [4.78, 5) is 10.5. The number of hydrogen-bond donors (Lipinski definition) is 1. The van der Waals surface area contributed by atoms with Crippen LogP contribution in [-0.2, 0) is 0 Å². The molecular weight excluding hydrogens is 118 g/mol. The van der Waals surface area contributed by atoms with Crippen molar-refractivity contribution < 1.29 is 4.79 Å². The summed E-state index contributed by atoms with van der Waals surface area (Å²) in [5.74, 6) is 0. The predicted octanol–water partition coefficient (Wildman–Crippen LogP) is -0.136. The summed E-state index contributed by atoms with van der Waals surface area (Å²) >= 11 is 0. The van der Waals surface area contributed by atoms with Gasteiger partial charge in [-0.25, -0.2) is 9.80 Å². The largest absolute Gasteiger partial charge is 0.350 e. The molecule has 0 unspecified atom stereocenters. The van der Waals surface area contributed by atoms with Crippen LogP contribution in [0.15, 0.2) is 0 Å². The second kappa shape index (κ2) is 3.29. The Kier molecular flexibility index (Phi) is 3.01. The molecule has 0 atom stereocenters. The van der Waals surface area contributed by atoms with Gasteiger partial charge in [0.1, 0.15) is 0 Å². The summed E-state index contributed by atoms with van der Waals surface area (Å²) in [6.07, 6.45) is 0. The fourth-order valence-corrected chi connectivity index (χ4v) is 0.636. The number of urea groups is 1. The molecule has 2 amide bonds. The Hall–Kier alpha value is -0.770. The van der Waals surface area contributed by atoms with Crippen LogP contribution in [0, 0.1) is 0 Å². The molecule has 0 fully saturated rings. The van der Waals surface area contributed by atoms with E-state index in [1.807, 2.05) is 6.92 Å². The van der Waals surface area contributed by atoms with Crippen molar-refractivity contribution in [2.45, 2.75) is 6.92 Å². The highest BCUT2D eigenvalue weighted by Crippen LogP contribution is 1.87. The van der Waals surface area contributed by atoms with Crippen molar-refractivity contribution in [2.24, 2.45) is 5.73 Å². The van der Waals surface area contributed by atoms with E-state index in [1.54, 1.807) is 19.1 Å². The van der Waals surface area contributed by atoms with Gasteiger partial charge in [0, 0.05) is 20.6 Å². The maximum Gasteiger partial charge on any atom is 0.329 e. The van der Waals surface area contributed by atoms with Crippen molar-refractivity contribution in [2.75, 3.05) is 20.6 Å². The van der Waals surface area contributed by atoms with Gasteiger partial charge in [-0.15, -0.1) is 0 Å². The van der Waals surface area contributed by atoms with Gasteiger partial charge in [0.05, 0.1) is 0 Å². The number of amides is 2. The molecule has 0 heterocycles. The first-order valence-electron chi connectivity index (χ1n) is 2.83. The van der Waals surface area contributed by atoms with Crippen molar-refractivity contribution in [1.82, 2.24) is 10.0 Å². The number of primary amides is 1. The van der Waals surface area contributed by atoms with Crippen molar-refractivity contribution in [3.8, 4) is 0 Å². The van der Waals surface area contributed by atoms with Gasteiger partial charge in [-0.1, -0.05) is 0 Å². The lowest BCUT2D eigenvalue weighted by Gasteiger charge is -2.24. The number of hydrogen-bond acceptors (Lipinski definition) is 2. The summed E-state index contributed by atoms with van der Waals surface area (Å²) in [6, 6.07) is -0.414. The van der Waals surface area contributed by atoms with Gasteiger partial charge < -0.3 is 5.73 Å². The Morgan fingerprint density at radius 2 is 2.00 bits per heavy atom. The van der Waals surface area contributed by atoms with Crippen LogP contribution in [0.3, 0.4) is 0 Å². The molecule has 9 heavy (non-hydrogen) atoms. The van der Waals surface area contributed by atoms with Gasteiger partial charge in [0.15, 0.2) is 0 Å². The van der Waals surface area contributed by atoms with Crippen LogP contribution in [0.2, 0.25) is 0 Å². The van der Waals surface area contributed by atoms with Crippen LogP contribution >= 0.6 is 0 Å². The van der Waals surface area contributed by atoms with Crippen molar-refractivity contribution in [1.29, 1.82) is 0 Å². The molecular formula is C5H13N3O. The lowest BCUT2D eigenvalue weighted by atomic mass is 10.7. The van der Waals surface area contributed by atoms with Crippen LogP contribution in [0.1, 0.15) is 6.92 Å². The molecule has 0 aliphatic rings. The van der Waals surface area contributed by atoms with Crippen LogP contribution < -0.4 is 5.73 Å². The van der Waals surface area contributed by atoms with Gasteiger partial charge in [-0.3, -0.25) is 5.01 Å². The molecule has 2 N–H and O–H groups in total. The van der Waals surface area contributed by atoms with Crippen LogP contribution in [0.5, 0.6) is 0 Å². The number of hydrazine groups is 1. The zero-order chi connectivity index (χ0) is 7.44. The highest BCUT2D eigenvalue weighted by atomic mass is 16.2. The number of nitrogens with two attached hydrogens (primary N) is 1. The first-order chi connectivity index (χ1) is 4.09. The minimum Gasteiger partial charge on any atom is -0.350 e. The van der Waals surface area contributed by atoms with E-state index in [0.717, 1.165) is 0 Å². The highest BCUT2D eigenvalue weighted by Gasteiger charge is 2.06. The number of rotatable bonds is 2. The van der Waals surface area contributed by atoms with E-state index in [1.165, 1.54) is 5.01 Å². The van der Waals surface area contributed by atoms with Gasteiger partial charge in [0.25, 0.3) is 0 Å². The molecule has 0 aromatic carbocycles. The SMILES string of the molecule is CCN(C(N)=O)N(C)C. The second-order valence-electron chi connectivity index (χ2n) is 1.90. The third kappa shape index (κ3) is 2.32. The molecule has 0 spiro atoms. The summed E-state index contributed by atoms with van der Waals surface area (Å²) in [5, 5.41) is 3.09.